The summed E-state index contributed by atoms with van der Waals surface area (Å²) < 4.78 is 26.1. The first-order valence-corrected chi connectivity index (χ1v) is 7.23. The Labute approximate surface area is 117 Å². The fourth-order valence-electron chi connectivity index (χ4n) is 1.49. The molecule has 108 valence electrons. The van der Waals surface area contributed by atoms with Crippen LogP contribution in [0.15, 0.2) is 41.8 Å². The number of carbonyl (C=O) groups is 2. The topological polar surface area (TPSA) is 101 Å². The number of ketones is 1. The summed E-state index contributed by atoms with van der Waals surface area (Å²) in [6.07, 6.45) is 1.29. The molecule has 0 aromatic heterocycles. The van der Waals surface area contributed by atoms with Crippen LogP contribution in [0.25, 0.3) is 0 Å². The first-order chi connectivity index (χ1) is 9.27. The number of sulfonamides is 1. The molecule has 0 aliphatic heterocycles. The molecule has 1 unspecified atom stereocenters. The van der Waals surface area contributed by atoms with Crippen LogP contribution in [0.5, 0.6) is 0 Å². The van der Waals surface area contributed by atoms with Crippen molar-refractivity contribution in [1.29, 1.82) is 0 Å². The van der Waals surface area contributed by atoms with Gasteiger partial charge in [0.1, 0.15) is 6.04 Å². The second kappa shape index (κ2) is 6.44. The van der Waals surface area contributed by atoms with Crippen molar-refractivity contribution in [1.82, 2.24) is 4.72 Å². The van der Waals surface area contributed by atoms with E-state index in [0.29, 0.717) is 5.56 Å². The summed E-state index contributed by atoms with van der Waals surface area (Å²) in [5.74, 6) is -1.47. The van der Waals surface area contributed by atoms with Gasteiger partial charge in [0.15, 0.2) is 5.78 Å². The molecule has 0 spiro atoms. The molecule has 20 heavy (non-hydrogen) atoms. The minimum absolute atomic E-state index is 0.0277. The summed E-state index contributed by atoms with van der Waals surface area (Å²) in [5.41, 5.74) is 0.379. The lowest BCUT2D eigenvalue weighted by Crippen LogP contribution is -2.40. The standard InChI is InChI=1S/C13H15NO5S/c1-3-4-12(13(16)17)14-20(18,19)11-7-5-10(6-8-11)9(2)15/h3,5-8,12,14H,1,4H2,2H3,(H,16,17). The van der Waals surface area contributed by atoms with Gasteiger partial charge in [-0.05, 0) is 25.5 Å². The van der Waals surface area contributed by atoms with Gasteiger partial charge in [-0.15, -0.1) is 6.58 Å². The lowest BCUT2D eigenvalue weighted by atomic mass is 10.2. The molecule has 2 N–H and O–H groups in total. The first-order valence-electron chi connectivity index (χ1n) is 5.75. The van der Waals surface area contributed by atoms with E-state index in [1.54, 1.807) is 0 Å². The molecule has 0 saturated heterocycles. The Morgan fingerprint density at radius 3 is 2.30 bits per heavy atom. The third-order valence-corrected chi connectivity index (χ3v) is 4.06. The number of aliphatic carboxylic acids is 1. The molecule has 1 rings (SSSR count). The summed E-state index contributed by atoms with van der Waals surface area (Å²) in [6.45, 7) is 4.75. The molecule has 6 nitrogen and oxygen atoms in total. The van der Waals surface area contributed by atoms with Crippen LogP contribution in [0.1, 0.15) is 23.7 Å². The van der Waals surface area contributed by atoms with Gasteiger partial charge in [-0.3, -0.25) is 9.59 Å². The number of hydrogen-bond donors (Lipinski definition) is 2. The Morgan fingerprint density at radius 2 is 1.90 bits per heavy atom. The summed E-state index contributed by atoms with van der Waals surface area (Å²) in [7, 11) is -3.96. The highest BCUT2D eigenvalue weighted by atomic mass is 32.2. The van der Waals surface area contributed by atoms with Crippen molar-refractivity contribution in [2.75, 3.05) is 0 Å². The molecule has 0 amide bonds. The van der Waals surface area contributed by atoms with Gasteiger partial charge in [0.2, 0.25) is 10.0 Å². The lowest BCUT2D eigenvalue weighted by molar-refractivity contribution is -0.138. The first kappa shape index (κ1) is 16.1. The zero-order chi connectivity index (χ0) is 15.3. The maximum atomic E-state index is 12.0. The highest BCUT2D eigenvalue weighted by Gasteiger charge is 2.24. The van der Waals surface area contributed by atoms with Crippen LogP contribution in [-0.2, 0) is 14.8 Å². The fourth-order valence-corrected chi connectivity index (χ4v) is 2.69. The molecule has 0 aliphatic rings. The van der Waals surface area contributed by atoms with Gasteiger partial charge < -0.3 is 5.11 Å². The molecule has 0 heterocycles. The molecule has 1 aromatic rings. The number of Topliss-reactive ketones (excluding diaryl/α,β-unsaturated/α-hetero) is 1. The number of rotatable bonds is 7. The predicted octanol–water partition coefficient (Wildman–Crippen LogP) is 1.20. The Kier molecular flexibility index (Phi) is 5.18. The second-order valence-corrected chi connectivity index (χ2v) is 5.83. The second-order valence-electron chi connectivity index (χ2n) is 4.12. The van der Waals surface area contributed by atoms with Crippen LogP contribution in [0, 0.1) is 0 Å². The van der Waals surface area contributed by atoms with E-state index in [4.69, 9.17) is 5.11 Å². The monoisotopic (exact) mass is 297 g/mol. The van der Waals surface area contributed by atoms with E-state index < -0.39 is 22.0 Å². The molecule has 0 aliphatic carbocycles. The van der Waals surface area contributed by atoms with Crippen molar-refractivity contribution in [3.05, 3.63) is 42.5 Å². The van der Waals surface area contributed by atoms with Gasteiger partial charge in [-0.1, -0.05) is 18.2 Å². The number of carboxylic acid groups (broad SMARTS) is 1. The van der Waals surface area contributed by atoms with Gasteiger partial charge in [0.25, 0.3) is 0 Å². The zero-order valence-electron chi connectivity index (χ0n) is 10.9. The smallest absolute Gasteiger partial charge is 0.322 e. The molecule has 1 aromatic carbocycles. The maximum absolute atomic E-state index is 12.0. The van der Waals surface area contributed by atoms with Gasteiger partial charge in [0, 0.05) is 5.56 Å². The fraction of sp³-hybridized carbons (Fsp3) is 0.231. The molecule has 7 heteroatoms. The van der Waals surface area contributed by atoms with Crippen LogP contribution in [0.2, 0.25) is 0 Å². The molecule has 1 atom stereocenters. The van der Waals surface area contributed by atoms with Crippen LogP contribution in [-0.4, -0.2) is 31.3 Å². The van der Waals surface area contributed by atoms with Crippen LogP contribution in [0.4, 0.5) is 0 Å². The maximum Gasteiger partial charge on any atom is 0.322 e. The molecule has 0 radical (unpaired) electrons. The SMILES string of the molecule is C=CCC(NS(=O)(=O)c1ccc(C(C)=O)cc1)C(=O)O. The Morgan fingerprint density at radius 1 is 1.35 bits per heavy atom. The summed E-state index contributed by atoms with van der Waals surface area (Å²) in [4.78, 5) is 21.9. The average Bonchev–Trinajstić information content (AvgIpc) is 2.38. The van der Waals surface area contributed by atoms with Crippen LogP contribution >= 0.6 is 0 Å². The Bertz CT molecular complexity index is 619. The number of nitrogens with one attached hydrogen (secondary N) is 1. The van der Waals surface area contributed by atoms with E-state index in [2.05, 4.69) is 11.3 Å². The van der Waals surface area contributed by atoms with E-state index in [-0.39, 0.29) is 17.1 Å². The third kappa shape index (κ3) is 4.01. The van der Waals surface area contributed by atoms with Gasteiger partial charge in [-0.2, -0.15) is 4.72 Å². The summed E-state index contributed by atoms with van der Waals surface area (Å²) in [6, 6.07) is 3.99. The van der Waals surface area contributed by atoms with Crippen molar-refractivity contribution in [3.63, 3.8) is 0 Å². The van der Waals surface area contributed by atoms with Crippen LogP contribution in [0.3, 0.4) is 0 Å². The van der Waals surface area contributed by atoms with Crippen molar-refractivity contribution in [3.8, 4) is 0 Å². The van der Waals surface area contributed by atoms with E-state index in [1.165, 1.54) is 37.3 Å². The lowest BCUT2D eigenvalue weighted by Gasteiger charge is -2.13. The average molecular weight is 297 g/mol. The molecule has 0 bridgehead atoms. The highest BCUT2D eigenvalue weighted by molar-refractivity contribution is 7.89. The van der Waals surface area contributed by atoms with Crippen molar-refractivity contribution < 1.29 is 23.1 Å². The molecular formula is C13H15NO5S. The number of carboxylic acids is 1. The van der Waals surface area contributed by atoms with E-state index in [9.17, 15) is 18.0 Å². The molecule has 0 fully saturated rings. The summed E-state index contributed by atoms with van der Waals surface area (Å²) >= 11 is 0. The molecule has 0 saturated carbocycles. The minimum Gasteiger partial charge on any atom is -0.480 e. The van der Waals surface area contributed by atoms with E-state index in [0.717, 1.165) is 0 Å². The summed E-state index contributed by atoms with van der Waals surface area (Å²) in [5, 5.41) is 8.91. The predicted molar refractivity (Wildman–Crippen MR) is 73.0 cm³/mol. The quantitative estimate of drug-likeness (QED) is 0.581. The third-order valence-electron chi connectivity index (χ3n) is 2.57. The Balaban J connectivity index is 3.00. The number of benzene rings is 1. The zero-order valence-corrected chi connectivity index (χ0v) is 11.7. The normalized spacial score (nSPS) is 12.7. The minimum atomic E-state index is -3.96. The van der Waals surface area contributed by atoms with Gasteiger partial charge in [-0.25, -0.2) is 8.42 Å². The van der Waals surface area contributed by atoms with E-state index in [1.807, 2.05) is 0 Å². The largest absolute Gasteiger partial charge is 0.480 e. The highest BCUT2D eigenvalue weighted by Crippen LogP contribution is 2.12. The van der Waals surface area contributed by atoms with Crippen molar-refractivity contribution in [2.24, 2.45) is 0 Å². The Hall–Kier alpha value is -1.99. The number of carbonyl (C=O) groups excluding carboxylic acids is 1. The van der Waals surface area contributed by atoms with Gasteiger partial charge >= 0.3 is 5.97 Å². The van der Waals surface area contributed by atoms with Crippen LogP contribution < -0.4 is 4.72 Å². The van der Waals surface area contributed by atoms with Crippen molar-refractivity contribution in [2.45, 2.75) is 24.3 Å². The van der Waals surface area contributed by atoms with E-state index >= 15 is 0 Å². The van der Waals surface area contributed by atoms with Gasteiger partial charge in [0.05, 0.1) is 4.90 Å². The number of hydrogen-bond acceptors (Lipinski definition) is 4. The van der Waals surface area contributed by atoms with Crippen molar-refractivity contribution >= 4 is 21.8 Å². The molecular weight excluding hydrogens is 282 g/mol.